The topological polar surface area (TPSA) is 38.8 Å². The van der Waals surface area contributed by atoms with E-state index < -0.39 is 6.61 Å². The summed E-state index contributed by atoms with van der Waals surface area (Å²) in [5.74, 6) is 0.157. The van der Waals surface area contributed by atoms with Crippen LogP contribution in [0.5, 0.6) is 5.75 Å². The number of amides is 1. The zero-order valence-electron chi connectivity index (χ0n) is 14.6. The van der Waals surface area contributed by atoms with Crippen LogP contribution < -0.4 is 4.74 Å². The summed E-state index contributed by atoms with van der Waals surface area (Å²) in [7, 11) is 0. The Balaban J connectivity index is 1.52. The molecular weight excluding hydrogens is 376 g/mol. The van der Waals surface area contributed by atoms with Gasteiger partial charge < -0.3 is 14.4 Å². The molecule has 1 aliphatic heterocycles. The van der Waals surface area contributed by atoms with Crippen molar-refractivity contribution >= 4 is 17.5 Å². The zero-order chi connectivity index (χ0) is 19.2. The number of aryl methyl sites for hydroxylation is 1. The molecule has 0 N–H and O–H groups in total. The lowest BCUT2D eigenvalue weighted by molar-refractivity contribution is -0.139. The predicted molar refractivity (Wildman–Crippen MR) is 98.1 cm³/mol. The molecule has 1 amide bonds. The van der Waals surface area contributed by atoms with E-state index in [9.17, 15) is 13.6 Å². The summed E-state index contributed by atoms with van der Waals surface area (Å²) >= 11 is 5.91. The second-order valence-electron chi connectivity index (χ2n) is 6.27. The molecule has 27 heavy (non-hydrogen) atoms. The molecule has 2 aromatic carbocycles. The first-order valence-electron chi connectivity index (χ1n) is 8.70. The van der Waals surface area contributed by atoms with Crippen LogP contribution in [0.3, 0.4) is 0 Å². The van der Waals surface area contributed by atoms with Crippen molar-refractivity contribution in [3.05, 3.63) is 64.7 Å². The van der Waals surface area contributed by atoms with Crippen LogP contribution >= 0.6 is 11.6 Å². The lowest BCUT2D eigenvalue weighted by atomic mass is 10.1. The molecule has 2 aromatic rings. The van der Waals surface area contributed by atoms with Gasteiger partial charge in [0.2, 0.25) is 5.91 Å². The first kappa shape index (κ1) is 19.6. The Bertz CT molecular complexity index is 753. The number of hydrogen-bond donors (Lipinski definition) is 0. The van der Waals surface area contributed by atoms with Crippen molar-refractivity contribution in [1.82, 2.24) is 4.90 Å². The largest absolute Gasteiger partial charge is 0.435 e. The van der Waals surface area contributed by atoms with Crippen molar-refractivity contribution in [1.29, 1.82) is 0 Å². The molecule has 0 aromatic heterocycles. The summed E-state index contributed by atoms with van der Waals surface area (Å²) in [6.07, 6.45) is 0.727. The first-order chi connectivity index (χ1) is 13.0. The molecule has 1 aliphatic rings. The summed E-state index contributed by atoms with van der Waals surface area (Å²) in [5, 5.41) is 0.660. The third kappa shape index (κ3) is 5.65. The van der Waals surface area contributed by atoms with Gasteiger partial charge in [-0.05, 0) is 41.8 Å². The second kappa shape index (κ2) is 9.15. The van der Waals surface area contributed by atoms with Gasteiger partial charge in [-0.25, -0.2) is 0 Å². The smallest absolute Gasteiger partial charge is 0.387 e. The molecule has 0 spiro atoms. The van der Waals surface area contributed by atoms with E-state index in [2.05, 4.69) is 4.74 Å². The molecule has 7 heteroatoms. The number of ether oxygens (including phenoxy) is 2. The number of rotatable bonds is 6. The molecule has 3 rings (SSSR count). The van der Waals surface area contributed by atoms with Gasteiger partial charge in [-0.15, -0.1) is 0 Å². The van der Waals surface area contributed by atoms with Crippen LogP contribution in [-0.2, 0) is 16.0 Å². The monoisotopic (exact) mass is 395 g/mol. The Morgan fingerprint density at radius 2 is 1.89 bits per heavy atom. The van der Waals surface area contributed by atoms with Crippen LogP contribution in [0.15, 0.2) is 48.5 Å². The molecule has 1 heterocycles. The third-order valence-electron chi connectivity index (χ3n) is 4.44. The molecule has 1 unspecified atom stereocenters. The summed E-state index contributed by atoms with van der Waals surface area (Å²) in [6.45, 7) is -1.29. The summed E-state index contributed by atoms with van der Waals surface area (Å²) in [5.41, 5.74) is 1.89. The average Bonchev–Trinajstić information content (AvgIpc) is 2.67. The number of morpholine rings is 1. The van der Waals surface area contributed by atoms with E-state index in [4.69, 9.17) is 16.3 Å². The van der Waals surface area contributed by atoms with E-state index in [0.29, 0.717) is 37.6 Å². The van der Waals surface area contributed by atoms with E-state index >= 15 is 0 Å². The molecule has 0 bridgehead atoms. The lowest BCUT2D eigenvalue weighted by Gasteiger charge is -2.33. The van der Waals surface area contributed by atoms with Gasteiger partial charge in [-0.2, -0.15) is 8.78 Å². The minimum Gasteiger partial charge on any atom is -0.435 e. The number of nitrogens with zero attached hydrogens (tertiary/aromatic N) is 1. The minimum absolute atomic E-state index is 0.0465. The number of carbonyl (C=O) groups excluding carboxylic acids is 1. The Labute approximate surface area is 161 Å². The quantitative estimate of drug-likeness (QED) is 0.724. The van der Waals surface area contributed by atoms with Crippen LogP contribution in [0.1, 0.15) is 23.7 Å². The van der Waals surface area contributed by atoms with Crippen molar-refractivity contribution in [3.63, 3.8) is 0 Å². The Morgan fingerprint density at radius 1 is 1.19 bits per heavy atom. The second-order valence-corrected chi connectivity index (χ2v) is 6.71. The Morgan fingerprint density at radius 3 is 2.56 bits per heavy atom. The average molecular weight is 396 g/mol. The maximum Gasteiger partial charge on any atom is 0.387 e. The number of carbonyl (C=O) groups is 1. The molecule has 1 fully saturated rings. The molecule has 4 nitrogen and oxygen atoms in total. The van der Waals surface area contributed by atoms with Crippen molar-refractivity contribution in [2.24, 2.45) is 0 Å². The van der Waals surface area contributed by atoms with Crippen molar-refractivity contribution in [3.8, 4) is 5.75 Å². The van der Waals surface area contributed by atoms with Crippen LogP contribution in [0.25, 0.3) is 0 Å². The molecule has 1 atom stereocenters. The van der Waals surface area contributed by atoms with Gasteiger partial charge >= 0.3 is 6.61 Å². The highest BCUT2D eigenvalue weighted by atomic mass is 35.5. The molecular formula is C20H20ClF2NO3. The lowest BCUT2D eigenvalue weighted by Crippen LogP contribution is -2.42. The fourth-order valence-electron chi connectivity index (χ4n) is 3.00. The number of benzene rings is 2. The highest BCUT2D eigenvalue weighted by Gasteiger charge is 2.25. The SMILES string of the molecule is O=C(CCc1ccc(OC(F)F)cc1)N1CCOC(c2ccc(Cl)cc2)C1. The number of hydrogen-bond acceptors (Lipinski definition) is 3. The van der Waals surface area contributed by atoms with Gasteiger partial charge in [0.15, 0.2) is 0 Å². The molecule has 144 valence electrons. The van der Waals surface area contributed by atoms with E-state index in [0.717, 1.165) is 11.1 Å². The van der Waals surface area contributed by atoms with Gasteiger partial charge in [0, 0.05) is 18.0 Å². The van der Waals surface area contributed by atoms with Crippen molar-refractivity contribution in [2.45, 2.75) is 25.6 Å². The summed E-state index contributed by atoms with van der Waals surface area (Å²) in [4.78, 5) is 14.3. The maximum absolute atomic E-state index is 12.5. The minimum atomic E-state index is -2.84. The Kier molecular flexibility index (Phi) is 6.63. The highest BCUT2D eigenvalue weighted by Crippen LogP contribution is 2.24. The van der Waals surface area contributed by atoms with Crippen LogP contribution in [0.4, 0.5) is 8.78 Å². The fraction of sp³-hybridized carbons (Fsp3) is 0.350. The van der Waals surface area contributed by atoms with Crippen molar-refractivity contribution in [2.75, 3.05) is 19.7 Å². The fourth-order valence-corrected chi connectivity index (χ4v) is 3.13. The van der Waals surface area contributed by atoms with Gasteiger partial charge in [0.25, 0.3) is 0 Å². The highest BCUT2D eigenvalue weighted by molar-refractivity contribution is 6.30. The van der Waals surface area contributed by atoms with E-state index in [1.165, 1.54) is 12.1 Å². The van der Waals surface area contributed by atoms with Crippen LogP contribution in [-0.4, -0.2) is 37.1 Å². The standard InChI is InChI=1S/C20H20ClF2NO3/c21-16-6-4-15(5-7-16)18-13-24(11-12-26-18)19(25)10-3-14-1-8-17(9-2-14)27-20(22)23/h1-2,4-9,18,20H,3,10-13H2. The van der Waals surface area contributed by atoms with E-state index in [1.807, 2.05) is 24.3 Å². The first-order valence-corrected chi connectivity index (χ1v) is 9.07. The van der Waals surface area contributed by atoms with Gasteiger partial charge in [0.05, 0.1) is 13.2 Å². The van der Waals surface area contributed by atoms with E-state index in [-0.39, 0.29) is 17.8 Å². The molecule has 0 saturated carbocycles. The van der Waals surface area contributed by atoms with Crippen molar-refractivity contribution < 1.29 is 23.0 Å². The summed E-state index contributed by atoms with van der Waals surface area (Å²) in [6, 6.07) is 13.8. The summed E-state index contributed by atoms with van der Waals surface area (Å²) < 4.78 is 34.4. The van der Waals surface area contributed by atoms with Crippen LogP contribution in [0.2, 0.25) is 5.02 Å². The van der Waals surface area contributed by atoms with Crippen LogP contribution in [0, 0.1) is 0 Å². The van der Waals surface area contributed by atoms with Gasteiger partial charge in [-0.3, -0.25) is 4.79 Å². The van der Waals surface area contributed by atoms with Gasteiger partial charge in [-0.1, -0.05) is 35.9 Å². The molecule has 0 aliphatic carbocycles. The van der Waals surface area contributed by atoms with Gasteiger partial charge in [0.1, 0.15) is 11.9 Å². The normalized spacial score (nSPS) is 17.2. The third-order valence-corrected chi connectivity index (χ3v) is 4.69. The van der Waals surface area contributed by atoms with E-state index in [1.54, 1.807) is 17.0 Å². The maximum atomic E-state index is 12.5. The molecule has 1 saturated heterocycles. The zero-order valence-corrected chi connectivity index (χ0v) is 15.4. The Hall–Kier alpha value is -2.18. The number of halogens is 3. The predicted octanol–water partition coefficient (Wildman–Crippen LogP) is 4.47. The number of alkyl halides is 2. The molecule has 0 radical (unpaired) electrons.